The van der Waals surface area contributed by atoms with E-state index >= 15 is 0 Å². The molecular formula is C37H38N2O8S4. The van der Waals surface area contributed by atoms with Gasteiger partial charge in [0.15, 0.2) is 0 Å². The fourth-order valence-corrected chi connectivity index (χ4v) is 13.1. The van der Waals surface area contributed by atoms with Crippen LogP contribution < -0.4 is 0 Å². The van der Waals surface area contributed by atoms with Crippen molar-refractivity contribution >= 4 is 40.1 Å². The number of hydrogen-bond acceptors (Lipinski definition) is 8. The van der Waals surface area contributed by atoms with E-state index in [9.17, 15) is 33.7 Å². The molecule has 1 atom stereocenters. The molecule has 0 N–H and O–H groups in total. The van der Waals surface area contributed by atoms with E-state index in [0.29, 0.717) is 27.8 Å². The number of nitrogens with zero attached hydrogens (tertiary/aromatic N) is 2. The van der Waals surface area contributed by atoms with Crippen molar-refractivity contribution in [2.45, 2.75) is 60.2 Å². The molecule has 268 valence electrons. The largest absolute Gasteiger partial charge is 0.256 e. The minimum atomic E-state index is -5.05. The van der Waals surface area contributed by atoms with Crippen molar-refractivity contribution in [1.82, 2.24) is 7.42 Å². The number of benzene rings is 5. The lowest BCUT2D eigenvalue weighted by Gasteiger charge is -2.34. The Morgan fingerprint density at radius 2 is 0.706 bits per heavy atom. The van der Waals surface area contributed by atoms with Gasteiger partial charge in [0.1, 0.15) is 0 Å². The lowest BCUT2D eigenvalue weighted by Crippen LogP contribution is -2.48. The molecule has 1 unspecified atom stereocenters. The second kappa shape index (κ2) is 14.4. The minimum Gasteiger partial charge on any atom is -0.206 e. The van der Waals surface area contributed by atoms with Gasteiger partial charge in [0, 0.05) is 0 Å². The lowest BCUT2D eigenvalue weighted by atomic mass is 10.0. The van der Waals surface area contributed by atoms with Gasteiger partial charge in [-0.05, 0) is 94.3 Å². The molecule has 0 amide bonds. The molecule has 0 spiro atoms. The maximum Gasteiger partial charge on any atom is 0.256 e. The first kappa shape index (κ1) is 38.1. The normalized spacial score (nSPS) is 13.4. The van der Waals surface area contributed by atoms with E-state index in [1.807, 2.05) is 0 Å². The highest BCUT2D eigenvalue weighted by Gasteiger charge is 2.48. The molecule has 0 fully saturated rings. The van der Waals surface area contributed by atoms with Crippen molar-refractivity contribution in [3.8, 4) is 0 Å². The highest BCUT2D eigenvalue weighted by molar-refractivity contribution is 8.04. The molecule has 5 aromatic carbocycles. The predicted octanol–water partition coefficient (Wildman–Crippen LogP) is 6.43. The summed E-state index contributed by atoms with van der Waals surface area (Å²) in [7, 11) is -20.1. The van der Waals surface area contributed by atoms with Crippen molar-refractivity contribution in [3.63, 3.8) is 0 Å². The van der Waals surface area contributed by atoms with Crippen molar-refractivity contribution in [2.24, 2.45) is 0 Å². The second-order valence-corrected chi connectivity index (χ2v) is 20.1. The topological polar surface area (TPSA) is 143 Å². The first-order valence-electron chi connectivity index (χ1n) is 15.8. The van der Waals surface area contributed by atoms with Crippen LogP contribution in [-0.2, 0) is 40.1 Å². The molecule has 0 saturated carbocycles. The van der Waals surface area contributed by atoms with Crippen LogP contribution in [0.25, 0.3) is 0 Å². The van der Waals surface area contributed by atoms with Crippen molar-refractivity contribution < 1.29 is 33.7 Å². The summed E-state index contributed by atoms with van der Waals surface area (Å²) in [4.78, 5) is -1.56. The molecule has 0 saturated heterocycles. The zero-order valence-electron chi connectivity index (χ0n) is 28.6. The van der Waals surface area contributed by atoms with Gasteiger partial charge in [-0.15, -0.1) is 0 Å². The molecule has 0 aliphatic carbocycles. The average molecular weight is 767 g/mol. The van der Waals surface area contributed by atoms with Gasteiger partial charge in [0.2, 0.25) is 0 Å². The van der Waals surface area contributed by atoms with Crippen LogP contribution in [0.2, 0.25) is 0 Å². The molecule has 0 bridgehead atoms. The summed E-state index contributed by atoms with van der Waals surface area (Å²) < 4.78 is 118. The zero-order chi connectivity index (χ0) is 37.4. The van der Waals surface area contributed by atoms with E-state index in [-0.39, 0.29) is 22.8 Å². The maximum atomic E-state index is 14.8. The number of hydrogen-bond donors (Lipinski definition) is 0. The van der Waals surface area contributed by atoms with Crippen LogP contribution in [0.1, 0.15) is 39.4 Å². The van der Waals surface area contributed by atoms with Crippen LogP contribution in [0, 0.1) is 34.6 Å². The van der Waals surface area contributed by atoms with Crippen molar-refractivity contribution in [1.29, 1.82) is 0 Å². The summed E-state index contributed by atoms with van der Waals surface area (Å²) in [6, 6.07) is 26.3. The Hall–Kier alpha value is -4.18. The average Bonchev–Trinajstić information content (AvgIpc) is 3.07. The minimum absolute atomic E-state index is 0.0760. The van der Waals surface area contributed by atoms with E-state index in [1.165, 1.54) is 109 Å². The first-order chi connectivity index (χ1) is 23.9. The Labute approximate surface area is 301 Å². The van der Waals surface area contributed by atoms with E-state index < -0.39 is 62.5 Å². The van der Waals surface area contributed by atoms with Crippen LogP contribution in [-0.4, -0.2) is 47.6 Å². The van der Waals surface area contributed by atoms with Gasteiger partial charge in [-0.1, -0.05) is 102 Å². The van der Waals surface area contributed by atoms with E-state index in [1.54, 1.807) is 46.8 Å². The van der Waals surface area contributed by atoms with Gasteiger partial charge >= 0.3 is 0 Å². The Kier molecular flexibility index (Phi) is 10.8. The Bertz CT molecular complexity index is 2330. The standard InChI is InChI=1S/C37H38N2O8S4/c1-27-10-18-32(19-11-27)48(40,41)38(49(42,43)33-20-12-28(2)13-21-33)26-37(36-9-7-6-8-31(36)5)39(50(44,45)34-22-14-29(3)15-23-34)51(46,47)35-24-16-30(4)17-25-35/h6-25,37H,26H2,1-5H3. The fraction of sp³-hybridized carbons (Fsp3) is 0.189. The van der Waals surface area contributed by atoms with E-state index in [0.717, 1.165) is 0 Å². The molecule has 51 heavy (non-hydrogen) atoms. The van der Waals surface area contributed by atoms with Gasteiger partial charge < -0.3 is 0 Å². The van der Waals surface area contributed by atoms with Crippen LogP contribution in [0.3, 0.4) is 0 Å². The zero-order valence-corrected chi connectivity index (χ0v) is 31.9. The van der Waals surface area contributed by atoms with Crippen LogP contribution in [0.4, 0.5) is 0 Å². The van der Waals surface area contributed by atoms with E-state index in [4.69, 9.17) is 0 Å². The fourth-order valence-electron chi connectivity index (χ4n) is 5.45. The van der Waals surface area contributed by atoms with E-state index in [2.05, 4.69) is 0 Å². The quantitative estimate of drug-likeness (QED) is 0.141. The molecule has 10 nitrogen and oxygen atoms in total. The van der Waals surface area contributed by atoms with Crippen LogP contribution >= 0.6 is 0 Å². The molecule has 0 aliphatic rings. The Morgan fingerprint density at radius 3 is 1.02 bits per heavy atom. The molecule has 0 heterocycles. The lowest BCUT2D eigenvalue weighted by molar-refractivity contribution is 0.382. The van der Waals surface area contributed by atoms with Gasteiger partial charge in [-0.3, -0.25) is 0 Å². The molecule has 0 radical (unpaired) electrons. The summed E-state index contributed by atoms with van der Waals surface area (Å²) in [5.74, 6) is 0. The van der Waals surface area contributed by atoms with Gasteiger partial charge in [-0.25, -0.2) is 33.7 Å². The summed E-state index contributed by atoms with van der Waals surface area (Å²) in [6.45, 7) is 7.40. The third-order valence-electron chi connectivity index (χ3n) is 8.41. The summed E-state index contributed by atoms with van der Waals surface area (Å²) in [5.41, 5.74) is 3.30. The van der Waals surface area contributed by atoms with Crippen LogP contribution in [0.5, 0.6) is 0 Å². The highest BCUT2D eigenvalue weighted by Crippen LogP contribution is 2.38. The molecule has 0 aromatic heterocycles. The number of aryl methyl sites for hydroxylation is 5. The van der Waals surface area contributed by atoms with Gasteiger partial charge in [-0.2, -0.15) is 0 Å². The van der Waals surface area contributed by atoms with Crippen molar-refractivity contribution in [2.75, 3.05) is 6.54 Å². The third-order valence-corrected chi connectivity index (χ3v) is 17.1. The number of rotatable bonds is 12. The Morgan fingerprint density at radius 1 is 0.412 bits per heavy atom. The molecule has 5 rings (SSSR count). The Balaban J connectivity index is 1.86. The second-order valence-electron chi connectivity index (χ2n) is 12.3. The molecule has 0 aliphatic heterocycles. The monoisotopic (exact) mass is 766 g/mol. The summed E-state index contributed by atoms with van der Waals surface area (Å²) in [5, 5.41) is 0. The number of sulfonamides is 4. The van der Waals surface area contributed by atoms with Crippen molar-refractivity contribution in [3.05, 3.63) is 155 Å². The first-order valence-corrected chi connectivity index (χ1v) is 21.5. The van der Waals surface area contributed by atoms with Gasteiger partial charge in [0.05, 0.1) is 32.2 Å². The SMILES string of the molecule is Cc1ccc(S(=O)(=O)N(CC(c2ccccc2C)N(S(=O)(=O)c2ccc(C)cc2)S(=O)(=O)c2ccc(C)cc2)S(=O)(=O)c2ccc(C)cc2)cc1. The van der Waals surface area contributed by atoms with Gasteiger partial charge in [0.25, 0.3) is 40.1 Å². The van der Waals surface area contributed by atoms with Crippen LogP contribution in [0.15, 0.2) is 141 Å². The molecule has 14 heteroatoms. The highest BCUT2D eigenvalue weighted by atomic mass is 32.3. The maximum absolute atomic E-state index is 14.8. The smallest absolute Gasteiger partial charge is 0.206 e. The molecule has 5 aromatic rings. The molecular weight excluding hydrogens is 729 g/mol. The predicted molar refractivity (Wildman–Crippen MR) is 196 cm³/mol. The summed E-state index contributed by atoms with van der Waals surface area (Å²) >= 11 is 0. The summed E-state index contributed by atoms with van der Waals surface area (Å²) in [6.07, 6.45) is 0. The third kappa shape index (κ3) is 7.71.